The van der Waals surface area contributed by atoms with E-state index < -0.39 is 6.04 Å². The van der Waals surface area contributed by atoms with Crippen molar-refractivity contribution in [3.05, 3.63) is 101 Å². The highest BCUT2D eigenvalue weighted by molar-refractivity contribution is 6.05. The number of carbonyl (C=O) groups is 2. The second-order valence-electron chi connectivity index (χ2n) is 7.97. The zero-order valence-corrected chi connectivity index (χ0v) is 18.0. The quantitative estimate of drug-likeness (QED) is 0.600. The largest absolute Gasteiger partial charge is 0.497 e. The summed E-state index contributed by atoms with van der Waals surface area (Å²) in [7, 11) is 1.54. The van der Waals surface area contributed by atoms with E-state index in [-0.39, 0.29) is 23.5 Å². The van der Waals surface area contributed by atoms with E-state index in [1.165, 1.54) is 12.1 Å². The molecule has 0 saturated heterocycles. The van der Waals surface area contributed by atoms with E-state index in [1.807, 2.05) is 37.3 Å². The second kappa shape index (κ2) is 9.22. The maximum atomic E-state index is 13.3. The standard InChI is InChI=1S/C26H25FN2O3/c1-17(19-8-10-20(27)11-9-19)16-29-24(25(30)28-15-18-6-4-3-5-7-18)22-13-12-21(32-2)14-23(22)26(29)31/h3-14,17,24H,15-16H2,1-2H3,(H,28,30). The Morgan fingerprint density at radius 1 is 1.09 bits per heavy atom. The minimum atomic E-state index is -0.741. The van der Waals surface area contributed by atoms with Crippen LogP contribution in [0.5, 0.6) is 5.75 Å². The Morgan fingerprint density at radius 2 is 1.81 bits per heavy atom. The number of carbonyl (C=O) groups excluding carboxylic acids is 2. The Bertz CT molecular complexity index is 1120. The SMILES string of the molecule is COc1ccc2c(c1)C(=O)N(CC(C)c1ccc(F)cc1)C2C(=O)NCc1ccccc1. The zero-order valence-electron chi connectivity index (χ0n) is 18.0. The van der Waals surface area contributed by atoms with Gasteiger partial charge in [-0.15, -0.1) is 0 Å². The van der Waals surface area contributed by atoms with Gasteiger partial charge in [0.2, 0.25) is 5.91 Å². The van der Waals surface area contributed by atoms with Crippen molar-refractivity contribution in [2.45, 2.75) is 25.4 Å². The van der Waals surface area contributed by atoms with Gasteiger partial charge >= 0.3 is 0 Å². The number of fused-ring (bicyclic) bond motifs is 1. The van der Waals surface area contributed by atoms with Crippen LogP contribution < -0.4 is 10.1 Å². The van der Waals surface area contributed by atoms with Crippen molar-refractivity contribution in [1.29, 1.82) is 0 Å². The summed E-state index contributed by atoms with van der Waals surface area (Å²) in [5.74, 6) is -0.282. The van der Waals surface area contributed by atoms with Gasteiger partial charge in [0.05, 0.1) is 7.11 Å². The molecule has 5 nitrogen and oxygen atoms in total. The van der Waals surface area contributed by atoms with Crippen LogP contribution in [0, 0.1) is 5.82 Å². The molecule has 1 aliphatic rings. The molecule has 0 aliphatic carbocycles. The molecule has 0 spiro atoms. The summed E-state index contributed by atoms with van der Waals surface area (Å²) in [4.78, 5) is 28.2. The first-order valence-corrected chi connectivity index (χ1v) is 10.5. The Balaban J connectivity index is 1.61. The first kappa shape index (κ1) is 21.6. The summed E-state index contributed by atoms with van der Waals surface area (Å²) >= 11 is 0. The highest BCUT2D eigenvalue weighted by Crippen LogP contribution is 2.37. The molecule has 3 aromatic rings. The molecule has 0 saturated carbocycles. The number of nitrogens with one attached hydrogen (secondary N) is 1. The number of ether oxygens (including phenoxy) is 1. The molecule has 2 unspecified atom stereocenters. The molecular formula is C26H25FN2O3. The van der Waals surface area contributed by atoms with E-state index in [1.54, 1.807) is 42.3 Å². The average molecular weight is 432 g/mol. The molecule has 32 heavy (non-hydrogen) atoms. The molecule has 2 amide bonds. The van der Waals surface area contributed by atoms with Crippen LogP contribution in [0.3, 0.4) is 0 Å². The normalized spacial score (nSPS) is 15.9. The summed E-state index contributed by atoms with van der Waals surface area (Å²) in [5.41, 5.74) is 3.01. The first-order chi connectivity index (χ1) is 15.5. The van der Waals surface area contributed by atoms with Gasteiger partial charge in [-0.2, -0.15) is 0 Å². The zero-order chi connectivity index (χ0) is 22.7. The maximum Gasteiger partial charge on any atom is 0.255 e. The lowest BCUT2D eigenvalue weighted by Gasteiger charge is -2.27. The van der Waals surface area contributed by atoms with Crippen molar-refractivity contribution < 1.29 is 18.7 Å². The molecule has 0 aromatic heterocycles. The predicted molar refractivity (Wildman–Crippen MR) is 120 cm³/mol. The van der Waals surface area contributed by atoms with E-state index >= 15 is 0 Å². The summed E-state index contributed by atoms with van der Waals surface area (Å²) in [6.07, 6.45) is 0. The van der Waals surface area contributed by atoms with Gasteiger partial charge in [-0.25, -0.2) is 4.39 Å². The summed E-state index contributed by atoms with van der Waals surface area (Å²) in [6, 6.07) is 20.3. The summed E-state index contributed by atoms with van der Waals surface area (Å²) in [5, 5.41) is 2.97. The lowest BCUT2D eigenvalue weighted by Crippen LogP contribution is -2.40. The molecule has 0 bridgehead atoms. The molecule has 0 radical (unpaired) electrons. The summed E-state index contributed by atoms with van der Waals surface area (Å²) in [6.45, 7) is 2.66. The number of halogens is 1. The molecule has 1 N–H and O–H groups in total. The van der Waals surface area contributed by atoms with Crippen LogP contribution in [0.15, 0.2) is 72.8 Å². The molecule has 3 aromatic carbocycles. The lowest BCUT2D eigenvalue weighted by molar-refractivity contribution is -0.125. The van der Waals surface area contributed by atoms with Crippen LogP contribution in [0.25, 0.3) is 0 Å². The van der Waals surface area contributed by atoms with Crippen LogP contribution in [0.2, 0.25) is 0 Å². The van der Waals surface area contributed by atoms with Gasteiger partial charge in [0.25, 0.3) is 5.91 Å². The van der Waals surface area contributed by atoms with Crippen molar-refractivity contribution in [3.8, 4) is 5.75 Å². The third kappa shape index (κ3) is 4.35. The average Bonchev–Trinajstić information content (AvgIpc) is 3.09. The molecule has 164 valence electrons. The number of hydrogen-bond acceptors (Lipinski definition) is 3. The smallest absolute Gasteiger partial charge is 0.255 e. The van der Waals surface area contributed by atoms with E-state index in [0.29, 0.717) is 30.0 Å². The number of benzene rings is 3. The van der Waals surface area contributed by atoms with Gasteiger partial charge in [0, 0.05) is 18.7 Å². The molecule has 4 rings (SSSR count). The van der Waals surface area contributed by atoms with Crippen LogP contribution >= 0.6 is 0 Å². The van der Waals surface area contributed by atoms with Crippen LogP contribution in [-0.2, 0) is 11.3 Å². The minimum Gasteiger partial charge on any atom is -0.497 e. The Morgan fingerprint density at radius 3 is 2.50 bits per heavy atom. The van der Waals surface area contributed by atoms with Crippen LogP contribution in [-0.4, -0.2) is 30.4 Å². The highest BCUT2D eigenvalue weighted by atomic mass is 19.1. The third-order valence-electron chi connectivity index (χ3n) is 5.83. The van der Waals surface area contributed by atoms with Gasteiger partial charge in [-0.1, -0.05) is 55.5 Å². The second-order valence-corrected chi connectivity index (χ2v) is 7.97. The molecule has 6 heteroatoms. The van der Waals surface area contributed by atoms with Gasteiger partial charge < -0.3 is 15.0 Å². The van der Waals surface area contributed by atoms with Gasteiger partial charge in [-0.3, -0.25) is 9.59 Å². The number of rotatable bonds is 7. The molecule has 2 atom stereocenters. The molecule has 1 heterocycles. The maximum absolute atomic E-state index is 13.3. The highest BCUT2D eigenvalue weighted by Gasteiger charge is 2.41. The van der Waals surface area contributed by atoms with E-state index in [9.17, 15) is 14.0 Å². The van der Waals surface area contributed by atoms with Crippen LogP contribution in [0.1, 0.15) is 45.9 Å². The Hall–Kier alpha value is -3.67. The van der Waals surface area contributed by atoms with Crippen molar-refractivity contribution in [2.75, 3.05) is 13.7 Å². The minimum absolute atomic E-state index is 0.0832. The van der Waals surface area contributed by atoms with Gasteiger partial charge in [-0.05, 0) is 46.9 Å². The van der Waals surface area contributed by atoms with Crippen molar-refractivity contribution >= 4 is 11.8 Å². The van der Waals surface area contributed by atoms with E-state index in [4.69, 9.17) is 4.74 Å². The van der Waals surface area contributed by atoms with Crippen LogP contribution in [0.4, 0.5) is 4.39 Å². The molecule has 0 fully saturated rings. The lowest BCUT2D eigenvalue weighted by atomic mass is 9.99. The fourth-order valence-corrected chi connectivity index (χ4v) is 4.07. The first-order valence-electron chi connectivity index (χ1n) is 10.5. The molecular weight excluding hydrogens is 407 g/mol. The monoisotopic (exact) mass is 432 g/mol. The van der Waals surface area contributed by atoms with Gasteiger partial charge in [0.1, 0.15) is 17.6 Å². The fourth-order valence-electron chi connectivity index (χ4n) is 4.07. The van der Waals surface area contributed by atoms with Crippen molar-refractivity contribution in [1.82, 2.24) is 10.2 Å². The third-order valence-corrected chi connectivity index (χ3v) is 5.83. The Labute approximate surface area is 186 Å². The Kier molecular flexibility index (Phi) is 6.21. The van der Waals surface area contributed by atoms with E-state index in [2.05, 4.69) is 5.32 Å². The fraction of sp³-hybridized carbons (Fsp3) is 0.231. The number of methoxy groups -OCH3 is 1. The topological polar surface area (TPSA) is 58.6 Å². The number of hydrogen-bond donors (Lipinski definition) is 1. The summed E-state index contributed by atoms with van der Waals surface area (Å²) < 4.78 is 18.6. The van der Waals surface area contributed by atoms with Crippen molar-refractivity contribution in [3.63, 3.8) is 0 Å². The predicted octanol–water partition coefficient (Wildman–Crippen LogP) is 4.45. The van der Waals surface area contributed by atoms with Gasteiger partial charge in [0.15, 0.2) is 0 Å². The van der Waals surface area contributed by atoms with E-state index in [0.717, 1.165) is 11.1 Å². The molecule has 1 aliphatic heterocycles. The van der Waals surface area contributed by atoms with Crippen molar-refractivity contribution in [2.24, 2.45) is 0 Å². The number of nitrogens with zero attached hydrogens (tertiary/aromatic N) is 1. The number of amides is 2.